The third kappa shape index (κ3) is 6.80. The fourth-order valence-electron chi connectivity index (χ4n) is 3.72. The first-order valence-corrected chi connectivity index (χ1v) is 10.8. The third-order valence-corrected chi connectivity index (χ3v) is 5.74. The smallest absolute Gasteiger partial charge is 0.475 e. The zero-order valence-corrected chi connectivity index (χ0v) is 18.9. The number of fused-ring (bicyclic) bond motifs is 1. The van der Waals surface area contributed by atoms with Gasteiger partial charge in [0.15, 0.2) is 0 Å². The average Bonchev–Trinajstić information content (AvgIpc) is 3.37. The van der Waals surface area contributed by atoms with Gasteiger partial charge in [-0.3, -0.25) is 14.4 Å². The van der Waals surface area contributed by atoms with Crippen molar-refractivity contribution in [3.63, 3.8) is 0 Å². The van der Waals surface area contributed by atoms with Gasteiger partial charge in [-0.05, 0) is 38.7 Å². The Kier molecular flexibility index (Phi) is 7.45. The number of nitrogens with zero attached hydrogens (tertiary/aromatic N) is 5. The van der Waals surface area contributed by atoms with Crippen molar-refractivity contribution < 1.29 is 27.9 Å². The Morgan fingerprint density at radius 3 is 2.48 bits per heavy atom. The van der Waals surface area contributed by atoms with E-state index in [4.69, 9.17) is 14.9 Å². The van der Waals surface area contributed by atoms with Crippen LogP contribution < -0.4 is 5.32 Å². The lowest BCUT2D eigenvalue weighted by atomic mass is 10.2. The number of carbonyl (C=O) groups is 2. The molecule has 1 aliphatic carbocycles. The minimum atomic E-state index is -5.08. The van der Waals surface area contributed by atoms with Gasteiger partial charge in [0, 0.05) is 39.4 Å². The summed E-state index contributed by atoms with van der Waals surface area (Å²) in [6.45, 7) is 7.78. The molecular weight excluding hydrogens is 441 g/mol. The number of carboxylic acid groups (broad SMARTS) is 1. The molecule has 0 bridgehead atoms. The zero-order chi connectivity index (χ0) is 24.3. The first-order chi connectivity index (χ1) is 15.4. The molecule has 0 spiro atoms. The highest BCUT2D eigenvalue weighted by atomic mass is 19.4. The Morgan fingerprint density at radius 2 is 1.94 bits per heavy atom. The number of nitrogens with one attached hydrogen (secondary N) is 1. The predicted octanol–water partition coefficient (Wildman–Crippen LogP) is 2.20. The molecule has 1 amide bonds. The Bertz CT molecular complexity index is 996. The summed E-state index contributed by atoms with van der Waals surface area (Å²) in [7, 11) is 2.00. The van der Waals surface area contributed by atoms with E-state index < -0.39 is 12.1 Å². The molecule has 1 unspecified atom stereocenters. The van der Waals surface area contributed by atoms with Crippen LogP contribution in [0.1, 0.15) is 48.7 Å². The molecule has 1 fully saturated rings. The molecule has 0 aromatic carbocycles. The Hall–Kier alpha value is -2.89. The van der Waals surface area contributed by atoms with Gasteiger partial charge in [-0.25, -0.2) is 9.78 Å². The Labute approximate surface area is 189 Å². The molecule has 1 atom stereocenters. The number of aliphatic carboxylic acids is 1. The van der Waals surface area contributed by atoms with Crippen LogP contribution >= 0.6 is 0 Å². The normalized spacial score (nSPS) is 18.3. The van der Waals surface area contributed by atoms with Crippen molar-refractivity contribution in [2.24, 2.45) is 13.0 Å². The van der Waals surface area contributed by atoms with Crippen LogP contribution in [-0.2, 0) is 36.1 Å². The van der Waals surface area contributed by atoms with Gasteiger partial charge in [-0.1, -0.05) is 0 Å². The van der Waals surface area contributed by atoms with E-state index in [1.54, 1.807) is 0 Å². The molecule has 2 N–H and O–H groups in total. The van der Waals surface area contributed by atoms with Crippen LogP contribution in [0.5, 0.6) is 0 Å². The highest BCUT2D eigenvalue weighted by Crippen LogP contribution is 2.28. The monoisotopic (exact) mass is 470 g/mol. The summed E-state index contributed by atoms with van der Waals surface area (Å²) >= 11 is 0. The average molecular weight is 470 g/mol. The highest BCUT2D eigenvalue weighted by molar-refractivity contribution is 5.78. The van der Waals surface area contributed by atoms with Crippen molar-refractivity contribution >= 4 is 11.9 Å². The van der Waals surface area contributed by atoms with Crippen LogP contribution in [0.3, 0.4) is 0 Å². The van der Waals surface area contributed by atoms with E-state index in [1.807, 2.05) is 24.9 Å². The predicted molar refractivity (Wildman–Crippen MR) is 112 cm³/mol. The molecule has 2 aromatic heterocycles. The second kappa shape index (κ2) is 9.94. The van der Waals surface area contributed by atoms with Gasteiger partial charge in [0.05, 0.1) is 29.5 Å². The van der Waals surface area contributed by atoms with Gasteiger partial charge in [0.2, 0.25) is 5.91 Å². The van der Waals surface area contributed by atoms with Crippen LogP contribution in [0.25, 0.3) is 0 Å². The van der Waals surface area contributed by atoms with Crippen molar-refractivity contribution in [2.75, 3.05) is 13.1 Å². The summed E-state index contributed by atoms with van der Waals surface area (Å²) in [6.07, 6.45) is -0.153. The largest absolute Gasteiger partial charge is 0.490 e. The van der Waals surface area contributed by atoms with Crippen LogP contribution in [0.4, 0.5) is 13.2 Å². The molecular formula is C21H29F3N6O3. The molecule has 0 saturated heterocycles. The number of imidazole rings is 1. The topological polar surface area (TPSA) is 105 Å². The van der Waals surface area contributed by atoms with Gasteiger partial charge in [-0.15, -0.1) is 0 Å². The fraction of sp³-hybridized carbons (Fsp3) is 0.619. The first kappa shape index (κ1) is 24.7. The van der Waals surface area contributed by atoms with E-state index in [2.05, 4.69) is 32.9 Å². The molecule has 9 nitrogen and oxygen atoms in total. The molecule has 3 heterocycles. The number of carboxylic acids is 1. The van der Waals surface area contributed by atoms with Gasteiger partial charge < -0.3 is 15.0 Å². The summed E-state index contributed by atoms with van der Waals surface area (Å²) in [5.74, 6) is -0.909. The molecule has 4 rings (SSSR count). The number of hydrogen-bond acceptors (Lipinski definition) is 5. The number of alkyl halides is 3. The zero-order valence-electron chi connectivity index (χ0n) is 18.9. The summed E-state index contributed by atoms with van der Waals surface area (Å²) < 4.78 is 35.9. The Morgan fingerprint density at radius 1 is 1.27 bits per heavy atom. The molecule has 2 aromatic rings. The SMILES string of the molecule is Cc1cc(CN2CCn3cc(CC(=O)NCC4CC4)nc3C2C)n(C)n1.O=C(O)C(F)(F)F. The summed E-state index contributed by atoms with van der Waals surface area (Å²) in [5.41, 5.74) is 3.14. The standard InChI is InChI=1S/C19H28N6O.C2HF3O2/c1-13-8-17(23(3)22-13)12-24-6-7-25-11-16(21-19(25)14(24)2)9-18(26)20-10-15-4-5-15;3-2(4,5)1(6)7/h8,11,14-15H,4-7,9-10,12H2,1-3H3,(H,20,26);(H,6,7). The maximum absolute atomic E-state index is 12.1. The minimum Gasteiger partial charge on any atom is -0.475 e. The van der Waals surface area contributed by atoms with Gasteiger partial charge >= 0.3 is 12.1 Å². The number of aryl methyl sites for hydroxylation is 2. The van der Waals surface area contributed by atoms with Crippen molar-refractivity contribution in [3.05, 3.63) is 35.2 Å². The van der Waals surface area contributed by atoms with E-state index in [9.17, 15) is 18.0 Å². The van der Waals surface area contributed by atoms with Crippen molar-refractivity contribution in [3.8, 4) is 0 Å². The quantitative estimate of drug-likeness (QED) is 0.671. The lowest BCUT2D eigenvalue weighted by Crippen LogP contribution is -2.36. The minimum absolute atomic E-state index is 0.0854. The molecule has 0 radical (unpaired) electrons. The number of rotatable bonds is 6. The Balaban J connectivity index is 0.000000383. The van der Waals surface area contributed by atoms with E-state index in [1.165, 1.54) is 18.5 Å². The lowest BCUT2D eigenvalue weighted by Gasteiger charge is -2.33. The fourth-order valence-corrected chi connectivity index (χ4v) is 3.72. The van der Waals surface area contributed by atoms with E-state index >= 15 is 0 Å². The van der Waals surface area contributed by atoms with Gasteiger partial charge in [-0.2, -0.15) is 18.3 Å². The number of halogens is 3. The first-order valence-electron chi connectivity index (χ1n) is 10.8. The van der Waals surface area contributed by atoms with E-state index in [0.717, 1.165) is 43.4 Å². The maximum Gasteiger partial charge on any atom is 0.490 e. The molecule has 33 heavy (non-hydrogen) atoms. The summed E-state index contributed by atoms with van der Waals surface area (Å²) in [4.78, 5) is 28.2. The van der Waals surface area contributed by atoms with Crippen molar-refractivity contribution in [1.29, 1.82) is 0 Å². The van der Waals surface area contributed by atoms with Crippen molar-refractivity contribution in [2.45, 2.75) is 58.4 Å². The second-order valence-corrected chi connectivity index (χ2v) is 8.56. The molecule has 12 heteroatoms. The van der Waals surface area contributed by atoms with Gasteiger partial charge in [0.25, 0.3) is 0 Å². The molecule has 1 aliphatic heterocycles. The molecule has 182 valence electrons. The number of amides is 1. The third-order valence-electron chi connectivity index (χ3n) is 5.74. The maximum atomic E-state index is 12.1. The number of carbonyl (C=O) groups excluding carboxylic acids is 1. The molecule has 1 saturated carbocycles. The summed E-state index contributed by atoms with van der Waals surface area (Å²) in [6, 6.07) is 2.37. The van der Waals surface area contributed by atoms with E-state index in [0.29, 0.717) is 12.3 Å². The van der Waals surface area contributed by atoms with Crippen LogP contribution in [0.15, 0.2) is 12.3 Å². The van der Waals surface area contributed by atoms with Crippen LogP contribution in [0.2, 0.25) is 0 Å². The van der Waals surface area contributed by atoms with E-state index in [-0.39, 0.29) is 11.9 Å². The second-order valence-electron chi connectivity index (χ2n) is 8.56. The van der Waals surface area contributed by atoms with Crippen molar-refractivity contribution in [1.82, 2.24) is 29.5 Å². The van der Waals surface area contributed by atoms with Crippen LogP contribution in [0, 0.1) is 12.8 Å². The molecule has 2 aliphatic rings. The number of aromatic nitrogens is 4. The van der Waals surface area contributed by atoms with Gasteiger partial charge in [0.1, 0.15) is 5.82 Å². The number of hydrogen-bond donors (Lipinski definition) is 2. The van der Waals surface area contributed by atoms with Crippen LogP contribution in [-0.4, -0.2) is 60.5 Å². The summed E-state index contributed by atoms with van der Waals surface area (Å²) in [5, 5.41) is 14.6. The highest BCUT2D eigenvalue weighted by Gasteiger charge is 2.38. The lowest BCUT2D eigenvalue weighted by molar-refractivity contribution is -0.192.